The second-order valence-corrected chi connectivity index (χ2v) is 11.4. The maximum atomic E-state index is 4.93. The number of benzene rings is 5. The van der Waals surface area contributed by atoms with Gasteiger partial charge in [0, 0.05) is 10.9 Å². The summed E-state index contributed by atoms with van der Waals surface area (Å²) in [5.74, 6) is 0. The molecule has 0 N–H and O–H groups in total. The molecule has 5 aromatic carbocycles. The van der Waals surface area contributed by atoms with Crippen molar-refractivity contribution in [2.24, 2.45) is 0 Å². The minimum absolute atomic E-state index is 0.0202. The Labute approximate surface area is 216 Å². The van der Waals surface area contributed by atoms with Crippen molar-refractivity contribution in [1.29, 1.82) is 0 Å². The first-order valence-electron chi connectivity index (χ1n) is 13.0. The fourth-order valence-electron chi connectivity index (χ4n) is 6.93. The largest absolute Gasteiger partial charge is 0.236 e. The second kappa shape index (κ2) is 6.92. The van der Waals surface area contributed by atoms with E-state index in [1.165, 1.54) is 60.7 Å². The lowest BCUT2D eigenvalue weighted by atomic mass is 9.60. The van der Waals surface area contributed by atoms with Gasteiger partial charge in [-0.3, -0.25) is 0 Å². The summed E-state index contributed by atoms with van der Waals surface area (Å²) < 4.78 is 0. The number of hydrogen-bond donors (Lipinski definition) is 0. The first-order valence-corrected chi connectivity index (χ1v) is 13.0. The van der Waals surface area contributed by atoms with Crippen molar-refractivity contribution in [1.82, 2.24) is 9.97 Å². The highest BCUT2D eigenvalue weighted by atomic mass is 14.8. The topological polar surface area (TPSA) is 25.8 Å². The quantitative estimate of drug-likeness (QED) is 0.220. The predicted molar refractivity (Wildman–Crippen MR) is 152 cm³/mol. The van der Waals surface area contributed by atoms with Gasteiger partial charge in [0.15, 0.2) is 0 Å². The van der Waals surface area contributed by atoms with Crippen LogP contribution in [-0.2, 0) is 10.8 Å². The number of nitrogens with zero attached hydrogens (tertiary/aromatic N) is 2. The lowest BCUT2D eigenvalue weighted by Crippen LogP contribution is -2.33. The molecular formula is C35H26N2. The van der Waals surface area contributed by atoms with E-state index in [2.05, 4.69) is 118 Å². The van der Waals surface area contributed by atoms with Gasteiger partial charge < -0.3 is 0 Å². The van der Waals surface area contributed by atoms with Crippen LogP contribution in [0, 0.1) is 0 Å². The Morgan fingerprint density at radius 2 is 1.30 bits per heavy atom. The Morgan fingerprint density at radius 3 is 2.03 bits per heavy atom. The molecular weight excluding hydrogens is 448 g/mol. The summed E-state index contributed by atoms with van der Waals surface area (Å²) in [5.41, 5.74) is 12.0. The summed E-state index contributed by atoms with van der Waals surface area (Å²) >= 11 is 0. The molecule has 0 saturated carbocycles. The van der Waals surface area contributed by atoms with E-state index in [0.29, 0.717) is 0 Å². The molecule has 0 saturated heterocycles. The van der Waals surface area contributed by atoms with Crippen molar-refractivity contribution in [3.05, 3.63) is 131 Å². The highest BCUT2D eigenvalue weighted by Gasteiger charge is 2.51. The van der Waals surface area contributed by atoms with E-state index in [4.69, 9.17) is 9.97 Å². The van der Waals surface area contributed by atoms with Crippen molar-refractivity contribution >= 4 is 21.7 Å². The number of rotatable bonds is 0. The standard InChI is InChI=1S/C35H26N2/c1-34(2,3)22-18-29-31-30(19-22)36-20-37-33(31)26-17-16-21-10-4-5-11-23(21)32(26)35(29)27-14-8-6-12-24(27)25-13-7-9-15-28(25)35/h4-20H,1-3H3. The maximum absolute atomic E-state index is 4.93. The van der Waals surface area contributed by atoms with Gasteiger partial charge in [0.2, 0.25) is 0 Å². The summed E-state index contributed by atoms with van der Waals surface area (Å²) in [5, 5.41) is 3.71. The van der Waals surface area contributed by atoms with E-state index >= 15 is 0 Å². The molecule has 1 aromatic heterocycles. The zero-order chi connectivity index (χ0) is 24.9. The second-order valence-electron chi connectivity index (χ2n) is 11.4. The lowest BCUT2D eigenvalue weighted by molar-refractivity contribution is 0.588. The summed E-state index contributed by atoms with van der Waals surface area (Å²) in [6, 6.07) is 36.1. The van der Waals surface area contributed by atoms with Gasteiger partial charge in [0.1, 0.15) is 6.33 Å². The van der Waals surface area contributed by atoms with Gasteiger partial charge in [-0.05, 0) is 61.2 Å². The van der Waals surface area contributed by atoms with Gasteiger partial charge in [-0.15, -0.1) is 0 Å². The highest BCUT2D eigenvalue weighted by molar-refractivity contribution is 6.09. The van der Waals surface area contributed by atoms with Crippen LogP contribution in [0.3, 0.4) is 0 Å². The first-order chi connectivity index (χ1) is 18.0. The Kier molecular flexibility index (Phi) is 3.90. The predicted octanol–water partition coefficient (Wildman–Crippen LogP) is 8.42. The van der Waals surface area contributed by atoms with Crippen molar-refractivity contribution < 1.29 is 0 Å². The van der Waals surface area contributed by atoms with Crippen LogP contribution in [0.1, 0.15) is 48.6 Å². The molecule has 0 fully saturated rings. The summed E-state index contributed by atoms with van der Waals surface area (Å²) in [4.78, 5) is 9.78. The average Bonchev–Trinajstić information content (AvgIpc) is 3.21. The van der Waals surface area contributed by atoms with Crippen LogP contribution < -0.4 is 0 Å². The average molecular weight is 475 g/mol. The van der Waals surface area contributed by atoms with Crippen LogP contribution in [-0.4, -0.2) is 9.97 Å². The van der Waals surface area contributed by atoms with Gasteiger partial charge in [-0.1, -0.05) is 112 Å². The molecule has 37 heavy (non-hydrogen) atoms. The van der Waals surface area contributed by atoms with Gasteiger partial charge in [0.05, 0.1) is 16.6 Å². The Morgan fingerprint density at radius 1 is 0.622 bits per heavy atom. The zero-order valence-corrected chi connectivity index (χ0v) is 21.2. The molecule has 176 valence electrons. The molecule has 2 heteroatoms. The van der Waals surface area contributed by atoms with Crippen LogP contribution in [0.4, 0.5) is 0 Å². The fraction of sp³-hybridized carbons (Fsp3) is 0.143. The van der Waals surface area contributed by atoms with E-state index in [-0.39, 0.29) is 5.41 Å². The monoisotopic (exact) mass is 474 g/mol. The fourth-order valence-corrected chi connectivity index (χ4v) is 6.93. The maximum Gasteiger partial charge on any atom is 0.116 e. The van der Waals surface area contributed by atoms with Crippen LogP contribution in [0.25, 0.3) is 44.1 Å². The molecule has 2 nitrogen and oxygen atoms in total. The van der Waals surface area contributed by atoms with Gasteiger partial charge in [0.25, 0.3) is 0 Å². The molecule has 0 unspecified atom stereocenters. The molecule has 2 aliphatic carbocycles. The summed E-state index contributed by atoms with van der Waals surface area (Å²) in [6.45, 7) is 6.87. The molecule has 1 heterocycles. The van der Waals surface area contributed by atoms with Crippen molar-refractivity contribution in [3.8, 4) is 22.4 Å². The normalized spacial score (nSPS) is 14.6. The third-order valence-corrected chi connectivity index (χ3v) is 8.52. The zero-order valence-electron chi connectivity index (χ0n) is 21.2. The van der Waals surface area contributed by atoms with E-state index in [9.17, 15) is 0 Å². The van der Waals surface area contributed by atoms with E-state index in [0.717, 1.165) is 11.2 Å². The van der Waals surface area contributed by atoms with Gasteiger partial charge in [-0.2, -0.15) is 0 Å². The van der Waals surface area contributed by atoms with Gasteiger partial charge in [-0.25, -0.2) is 9.97 Å². The first kappa shape index (κ1) is 20.8. The van der Waals surface area contributed by atoms with Crippen molar-refractivity contribution in [3.63, 3.8) is 0 Å². The minimum atomic E-state index is -0.458. The lowest BCUT2D eigenvalue weighted by Gasteiger charge is -2.41. The summed E-state index contributed by atoms with van der Waals surface area (Å²) in [7, 11) is 0. The third-order valence-electron chi connectivity index (χ3n) is 8.52. The number of hydrogen-bond acceptors (Lipinski definition) is 2. The molecule has 0 bridgehead atoms. The van der Waals surface area contributed by atoms with Crippen LogP contribution in [0.2, 0.25) is 0 Å². The van der Waals surface area contributed by atoms with Crippen LogP contribution in [0.5, 0.6) is 0 Å². The Hall–Kier alpha value is -4.30. The Bertz CT molecular complexity index is 1880. The minimum Gasteiger partial charge on any atom is -0.236 e. The third kappa shape index (κ3) is 2.50. The van der Waals surface area contributed by atoms with Crippen molar-refractivity contribution in [2.75, 3.05) is 0 Å². The number of aromatic nitrogens is 2. The molecule has 0 aliphatic heterocycles. The molecule has 1 spiro atoms. The molecule has 2 aliphatic rings. The van der Waals surface area contributed by atoms with E-state index < -0.39 is 5.41 Å². The summed E-state index contributed by atoms with van der Waals surface area (Å²) in [6.07, 6.45) is 1.74. The Balaban J connectivity index is 1.71. The molecule has 0 amide bonds. The molecule has 0 radical (unpaired) electrons. The molecule has 0 atom stereocenters. The van der Waals surface area contributed by atoms with E-state index in [1.807, 2.05) is 0 Å². The number of fused-ring (bicyclic) bond motifs is 11. The molecule has 8 rings (SSSR count). The molecule has 6 aromatic rings. The van der Waals surface area contributed by atoms with E-state index in [1.54, 1.807) is 6.33 Å². The van der Waals surface area contributed by atoms with Crippen LogP contribution in [0.15, 0.2) is 103 Å². The van der Waals surface area contributed by atoms with Gasteiger partial charge >= 0.3 is 0 Å². The smallest absolute Gasteiger partial charge is 0.116 e. The highest BCUT2D eigenvalue weighted by Crippen LogP contribution is 2.62. The SMILES string of the molecule is CC(C)(C)c1cc2c3c(ncnc3c1)-c1ccc3ccccc3c1C21c2ccccc2-c2ccccc21. The van der Waals surface area contributed by atoms with Crippen LogP contribution >= 0.6 is 0 Å². The van der Waals surface area contributed by atoms with Crippen molar-refractivity contribution in [2.45, 2.75) is 31.6 Å².